The van der Waals surface area contributed by atoms with Crippen molar-refractivity contribution in [3.05, 3.63) is 65.2 Å². The maximum absolute atomic E-state index is 12.0. The van der Waals surface area contributed by atoms with E-state index in [2.05, 4.69) is 12.2 Å². The van der Waals surface area contributed by atoms with Crippen LogP contribution in [0.3, 0.4) is 0 Å². The van der Waals surface area contributed by atoms with Crippen molar-refractivity contribution in [3.8, 4) is 0 Å². The molecular weight excluding hydrogens is 346 g/mol. The maximum atomic E-state index is 12.0. The Kier molecular flexibility index (Phi) is 7.73. The summed E-state index contributed by atoms with van der Waals surface area (Å²) in [5.74, 6) is 0.762. The minimum Gasteiger partial charge on any atom is -0.459 e. The van der Waals surface area contributed by atoms with Gasteiger partial charge in [0.1, 0.15) is 0 Å². The molecule has 0 aliphatic carbocycles. The summed E-state index contributed by atoms with van der Waals surface area (Å²) in [4.78, 5) is 23.8. The minimum absolute atomic E-state index is 0.0172. The molecule has 0 aliphatic rings. The molecule has 5 heteroatoms. The van der Waals surface area contributed by atoms with Crippen molar-refractivity contribution in [1.29, 1.82) is 0 Å². The normalized spacial score (nSPS) is 10.6. The van der Waals surface area contributed by atoms with Crippen LogP contribution in [0.2, 0.25) is 0 Å². The average Bonchev–Trinajstić information content (AvgIpc) is 2.62. The number of thioether (sulfide) groups is 1. The van der Waals surface area contributed by atoms with Gasteiger partial charge in [-0.15, -0.1) is 11.8 Å². The fourth-order valence-electron chi connectivity index (χ4n) is 2.30. The number of rotatable bonds is 8. The van der Waals surface area contributed by atoms with Crippen LogP contribution in [0.5, 0.6) is 0 Å². The highest BCUT2D eigenvalue weighted by atomic mass is 32.2. The van der Waals surface area contributed by atoms with E-state index in [1.54, 1.807) is 12.1 Å². The number of aryl methyl sites for hydroxylation is 1. The number of amides is 1. The molecule has 138 valence electrons. The van der Waals surface area contributed by atoms with Crippen molar-refractivity contribution in [1.82, 2.24) is 0 Å². The predicted octanol–water partition coefficient (Wildman–Crippen LogP) is 4.69. The Hall–Kier alpha value is -2.27. The van der Waals surface area contributed by atoms with E-state index in [1.807, 2.05) is 50.2 Å². The SMILES string of the molecule is CCc1ccc(NC(=O)CSCc2ccc(C(=O)OC(C)C)cc2)cc1. The smallest absolute Gasteiger partial charge is 0.338 e. The molecule has 2 aromatic carbocycles. The second-order valence-corrected chi connectivity index (χ2v) is 7.23. The highest BCUT2D eigenvalue weighted by molar-refractivity contribution is 7.99. The number of esters is 1. The van der Waals surface area contributed by atoms with Gasteiger partial charge < -0.3 is 10.1 Å². The third-order valence-corrected chi connectivity index (χ3v) is 4.68. The summed E-state index contributed by atoms with van der Waals surface area (Å²) >= 11 is 1.54. The van der Waals surface area contributed by atoms with Gasteiger partial charge in [-0.1, -0.05) is 31.2 Å². The van der Waals surface area contributed by atoms with Gasteiger partial charge in [0.2, 0.25) is 5.91 Å². The second kappa shape index (κ2) is 10.0. The predicted molar refractivity (Wildman–Crippen MR) is 108 cm³/mol. The van der Waals surface area contributed by atoms with E-state index in [1.165, 1.54) is 17.3 Å². The quantitative estimate of drug-likeness (QED) is 0.684. The van der Waals surface area contributed by atoms with Crippen LogP contribution < -0.4 is 5.32 Å². The van der Waals surface area contributed by atoms with Crippen molar-refractivity contribution in [2.75, 3.05) is 11.1 Å². The largest absolute Gasteiger partial charge is 0.459 e. The van der Waals surface area contributed by atoms with Gasteiger partial charge in [0.25, 0.3) is 0 Å². The zero-order valence-electron chi connectivity index (χ0n) is 15.5. The van der Waals surface area contributed by atoms with Crippen LogP contribution in [-0.2, 0) is 21.7 Å². The molecule has 0 saturated carbocycles. The van der Waals surface area contributed by atoms with Gasteiger partial charge in [0.05, 0.1) is 17.4 Å². The van der Waals surface area contributed by atoms with Gasteiger partial charge in [-0.05, 0) is 55.7 Å². The average molecular weight is 372 g/mol. The number of hydrogen-bond donors (Lipinski definition) is 1. The summed E-state index contributed by atoms with van der Waals surface area (Å²) in [5, 5.41) is 2.90. The number of benzene rings is 2. The molecule has 0 bridgehead atoms. The third kappa shape index (κ3) is 6.56. The number of nitrogens with one attached hydrogen (secondary N) is 1. The molecule has 0 atom stereocenters. The molecular formula is C21H25NO3S. The fourth-order valence-corrected chi connectivity index (χ4v) is 3.09. The molecule has 2 rings (SSSR count). The van der Waals surface area contributed by atoms with E-state index >= 15 is 0 Å². The van der Waals surface area contributed by atoms with E-state index in [-0.39, 0.29) is 18.0 Å². The first-order valence-electron chi connectivity index (χ1n) is 8.74. The van der Waals surface area contributed by atoms with Crippen molar-refractivity contribution in [2.45, 2.75) is 39.0 Å². The lowest BCUT2D eigenvalue weighted by atomic mass is 10.1. The Balaban J connectivity index is 1.76. The zero-order valence-corrected chi connectivity index (χ0v) is 16.3. The number of anilines is 1. The number of carbonyl (C=O) groups is 2. The molecule has 0 aromatic heterocycles. The van der Waals surface area contributed by atoms with E-state index in [4.69, 9.17) is 4.74 Å². The van der Waals surface area contributed by atoms with Crippen LogP contribution >= 0.6 is 11.8 Å². The molecule has 4 nitrogen and oxygen atoms in total. The Bertz CT molecular complexity index is 724. The van der Waals surface area contributed by atoms with Gasteiger partial charge in [0, 0.05) is 11.4 Å². The zero-order chi connectivity index (χ0) is 18.9. The monoisotopic (exact) mass is 371 g/mol. The molecule has 0 saturated heterocycles. The number of ether oxygens (including phenoxy) is 1. The van der Waals surface area contributed by atoms with Gasteiger partial charge in [0.15, 0.2) is 0 Å². The van der Waals surface area contributed by atoms with Crippen LogP contribution in [-0.4, -0.2) is 23.7 Å². The minimum atomic E-state index is -0.312. The molecule has 2 aromatic rings. The highest BCUT2D eigenvalue weighted by Gasteiger charge is 2.09. The van der Waals surface area contributed by atoms with E-state index in [0.717, 1.165) is 17.7 Å². The van der Waals surface area contributed by atoms with Crippen LogP contribution in [0, 0.1) is 0 Å². The molecule has 26 heavy (non-hydrogen) atoms. The molecule has 0 aliphatic heterocycles. The molecule has 0 fully saturated rings. The summed E-state index contributed by atoms with van der Waals surface area (Å²) in [6.07, 6.45) is 0.854. The summed E-state index contributed by atoms with van der Waals surface area (Å²) in [5.41, 5.74) is 3.68. The summed E-state index contributed by atoms with van der Waals surface area (Å²) in [6.45, 7) is 5.75. The Morgan fingerprint density at radius 3 is 2.19 bits per heavy atom. The lowest BCUT2D eigenvalue weighted by Gasteiger charge is -2.08. The first kappa shape index (κ1) is 20.0. The Morgan fingerprint density at radius 2 is 1.62 bits per heavy atom. The molecule has 1 amide bonds. The third-order valence-electron chi connectivity index (χ3n) is 3.68. The second-order valence-electron chi connectivity index (χ2n) is 6.24. The highest BCUT2D eigenvalue weighted by Crippen LogP contribution is 2.15. The van der Waals surface area contributed by atoms with Crippen LogP contribution in [0.1, 0.15) is 42.3 Å². The maximum Gasteiger partial charge on any atom is 0.338 e. The lowest BCUT2D eigenvalue weighted by molar-refractivity contribution is -0.113. The van der Waals surface area contributed by atoms with Gasteiger partial charge >= 0.3 is 5.97 Å². The fraction of sp³-hybridized carbons (Fsp3) is 0.333. The number of hydrogen-bond acceptors (Lipinski definition) is 4. The van der Waals surface area contributed by atoms with Gasteiger partial charge in [-0.2, -0.15) is 0 Å². The summed E-state index contributed by atoms with van der Waals surface area (Å²) in [7, 11) is 0. The summed E-state index contributed by atoms with van der Waals surface area (Å²) in [6, 6.07) is 15.2. The molecule has 0 unspecified atom stereocenters. The van der Waals surface area contributed by atoms with E-state index in [0.29, 0.717) is 17.1 Å². The van der Waals surface area contributed by atoms with Gasteiger partial charge in [-0.3, -0.25) is 4.79 Å². The molecule has 0 spiro atoms. The van der Waals surface area contributed by atoms with Crippen molar-refractivity contribution in [2.24, 2.45) is 0 Å². The summed E-state index contributed by atoms with van der Waals surface area (Å²) < 4.78 is 5.16. The first-order chi connectivity index (χ1) is 12.5. The first-order valence-corrected chi connectivity index (χ1v) is 9.90. The molecule has 0 heterocycles. The standard InChI is InChI=1S/C21H25NO3S/c1-4-16-7-11-19(12-8-16)22-20(23)14-26-13-17-5-9-18(10-6-17)21(24)25-15(2)3/h5-12,15H,4,13-14H2,1-3H3,(H,22,23). The van der Waals surface area contributed by atoms with E-state index in [9.17, 15) is 9.59 Å². The molecule has 1 N–H and O–H groups in total. The van der Waals surface area contributed by atoms with Crippen LogP contribution in [0.4, 0.5) is 5.69 Å². The van der Waals surface area contributed by atoms with Crippen molar-refractivity contribution < 1.29 is 14.3 Å². The van der Waals surface area contributed by atoms with Gasteiger partial charge in [-0.25, -0.2) is 4.79 Å². The van der Waals surface area contributed by atoms with Crippen molar-refractivity contribution in [3.63, 3.8) is 0 Å². The van der Waals surface area contributed by atoms with Crippen molar-refractivity contribution >= 4 is 29.3 Å². The molecule has 0 radical (unpaired) electrons. The Morgan fingerprint density at radius 1 is 1.00 bits per heavy atom. The van der Waals surface area contributed by atoms with E-state index < -0.39 is 0 Å². The van der Waals surface area contributed by atoms with Crippen LogP contribution in [0.15, 0.2) is 48.5 Å². The topological polar surface area (TPSA) is 55.4 Å². The number of carbonyl (C=O) groups excluding carboxylic acids is 2. The Labute approximate surface area is 159 Å². The van der Waals surface area contributed by atoms with Crippen LogP contribution in [0.25, 0.3) is 0 Å². The lowest BCUT2D eigenvalue weighted by Crippen LogP contribution is -2.14.